The molecule has 0 aliphatic rings. The van der Waals surface area contributed by atoms with Crippen LogP contribution in [0.5, 0.6) is 0 Å². The number of carbonyl (C=O) groups is 4. The molecular weight excluding hydrogens is 650 g/mol. The summed E-state index contributed by atoms with van der Waals surface area (Å²) in [6, 6.07) is 9.95. The lowest BCUT2D eigenvalue weighted by atomic mass is 10.2. The van der Waals surface area contributed by atoms with Crippen LogP contribution in [0.3, 0.4) is 0 Å². The summed E-state index contributed by atoms with van der Waals surface area (Å²) in [6.45, 7) is 0.206. The van der Waals surface area contributed by atoms with Gasteiger partial charge in [0.05, 0.1) is 33.5 Å². The second-order valence-corrected chi connectivity index (χ2v) is 13.1. The highest BCUT2D eigenvalue weighted by atomic mass is 35.5. The Balaban J connectivity index is 1.38. The van der Waals surface area contributed by atoms with Gasteiger partial charge in [-0.2, -0.15) is 0 Å². The van der Waals surface area contributed by atoms with Crippen molar-refractivity contribution in [3.63, 3.8) is 0 Å². The van der Waals surface area contributed by atoms with Crippen molar-refractivity contribution in [2.75, 3.05) is 34.1 Å². The molecule has 0 saturated heterocycles. The number of aryl methyl sites for hydroxylation is 3. The van der Waals surface area contributed by atoms with Crippen LogP contribution in [0, 0.1) is 5.41 Å². The first kappa shape index (κ1) is 34.5. The molecule has 0 fully saturated rings. The quantitative estimate of drug-likeness (QED) is 0.0703. The molecule has 0 bridgehead atoms. The average Bonchev–Trinajstić information content (AvgIpc) is 3.68. The number of rotatable bonds is 13. The zero-order chi connectivity index (χ0) is 34.5. The highest BCUT2D eigenvalue weighted by Gasteiger charge is 2.20. The molecule has 4 rings (SSSR count). The minimum absolute atomic E-state index is 0.0407. The van der Waals surface area contributed by atoms with Gasteiger partial charge in [-0.1, -0.05) is 0 Å². The molecule has 0 radical (unpaired) electrons. The highest BCUT2D eigenvalue weighted by molar-refractivity contribution is 7.91. The van der Waals surface area contributed by atoms with E-state index < -0.39 is 27.6 Å². The number of nitrogens with two attached hydrogens (primary N) is 1. The predicted octanol–water partition coefficient (Wildman–Crippen LogP) is 2.53. The van der Waals surface area contributed by atoms with E-state index in [4.69, 9.17) is 22.7 Å². The zero-order valence-corrected chi connectivity index (χ0v) is 27.3. The molecule has 47 heavy (non-hydrogen) atoms. The summed E-state index contributed by atoms with van der Waals surface area (Å²) >= 11 is 5.56. The lowest BCUT2D eigenvalue weighted by Gasteiger charge is -2.05. The van der Waals surface area contributed by atoms with Crippen molar-refractivity contribution in [3.05, 3.63) is 83.7 Å². The van der Waals surface area contributed by atoms with Crippen LogP contribution in [0.4, 0.5) is 17.1 Å². The summed E-state index contributed by atoms with van der Waals surface area (Å²) in [4.78, 5) is 51.4. The fourth-order valence-electron chi connectivity index (χ4n) is 4.60. The standard InChI is InChI=1S/C30H34ClN9O6S/c1-38-16-20(12-23(38)28(42)34-10-8-26(32)33)36-30(44)25-14-21(17-40(25)3)37-29(43)24-13-19(15-39(24)2)35-27(41)18-4-6-22(7-5-18)47(45,46)11-9-31/h4-7,12-17H,8-11H2,1-3H3,(H3,32,33)(H,34,42)(H,35,41)(H,36,44)(H,37,43). The largest absolute Gasteiger partial charge is 0.388 e. The molecule has 0 atom stereocenters. The Morgan fingerprint density at radius 1 is 0.745 bits per heavy atom. The van der Waals surface area contributed by atoms with Gasteiger partial charge in [0.1, 0.15) is 17.1 Å². The Morgan fingerprint density at radius 2 is 1.17 bits per heavy atom. The smallest absolute Gasteiger partial charge is 0.272 e. The first-order valence-electron chi connectivity index (χ1n) is 14.1. The molecule has 0 aliphatic heterocycles. The Bertz CT molecular complexity index is 1960. The van der Waals surface area contributed by atoms with E-state index in [2.05, 4.69) is 21.3 Å². The van der Waals surface area contributed by atoms with E-state index in [1.165, 1.54) is 51.6 Å². The van der Waals surface area contributed by atoms with Crippen LogP contribution in [-0.2, 0) is 31.0 Å². The molecule has 15 nitrogen and oxygen atoms in total. The summed E-state index contributed by atoms with van der Waals surface area (Å²) in [5, 5.41) is 18.1. The van der Waals surface area contributed by atoms with Crippen LogP contribution in [0.2, 0.25) is 0 Å². The van der Waals surface area contributed by atoms with E-state index in [0.717, 1.165) is 0 Å². The van der Waals surface area contributed by atoms with Crippen molar-refractivity contribution in [2.24, 2.45) is 26.9 Å². The van der Waals surface area contributed by atoms with Crippen LogP contribution in [0.15, 0.2) is 66.0 Å². The zero-order valence-electron chi connectivity index (χ0n) is 25.8. The van der Waals surface area contributed by atoms with Crippen LogP contribution >= 0.6 is 11.6 Å². The summed E-state index contributed by atoms with van der Waals surface area (Å²) in [6.07, 6.45) is 4.91. The second kappa shape index (κ2) is 14.4. The van der Waals surface area contributed by atoms with Gasteiger partial charge in [-0.3, -0.25) is 24.6 Å². The van der Waals surface area contributed by atoms with E-state index in [9.17, 15) is 27.6 Å². The minimum Gasteiger partial charge on any atom is -0.388 e. The molecule has 0 unspecified atom stereocenters. The summed E-state index contributed by atoms with van der Waals surface area (Å²) in [7, 11) is 1.39. The van der Waals surface area contributed by atoms with E-state index in [-0.39, 0.29) is 58.2 Å². The molecule has 4 aromatic rings. The number of nitrogens with one attached hydrogen (secondary N) is 5. The fraction of sp³-hybridized carbons (Fsp3) is 0.233. The first-order valence-corrected chi connectivity index (χ1v) is 16.3. The van der Waals surface area contributed by atoms with Crippen LogP contribution in [0.1, 0.15) is 48.2 Å². The van der Waals surface area contributed by atoms with E-state index >= 15 is 0 Å². The predicted molar refractivity (Wildman–Crippen MR) is 178 cm³/mol. The van der Waals surface area contributed by atoms with E-state index in [1.54, 1.807) is 44.3 Å². The Labute approximate surface area is 275 Å². The normalized spacial score (nSPS) is 11.1. The number of aromatic nitrogens is 3. The molecule has 1 aromatic carbocycles. The van der Waals surface area contributed by atoms with Crippen molar-refractivity contribution in [1.29, 1.82) is 5.41 Å². The van der Waals surface area contributed by atoms with Crippen LogP contribution in [0.25, 0.3) is 0 Å². The van der Waals surface area contributed by atoms with Crippen molar-refractivity contribution in [2.45, 2.75) is 11.3 Å². The summed E-state index contributed by atoms with van der Waals surface area (Å²) < 4.78 is 29.0. The number of halogens is 1. The molecule has 4 amide bonds. The number of carbonyl (C=O) groups excluding carboxylic acids is 4. The number of alkyl halides is 1. The molecule has 17 heteroatoms. The Morgan fingerprint density at radius 3 is 1.60 bits per heavy atom. The number of hydrogen-bond donors (Lipinski definition) is 6. The van der Waals surface area contributed by atoms with Gasteiger partial charge in [0.25, 0.3) is 23.6 Å². The van der Waals surface area contributed by atoms with Crippen molar-refractivity contribution in [1.82, 2.24) is 19.0 Å². The maximum absolute atomic E-state index is 13.1. The van der Waals surface area contributed by atoms with Crippen molar-refractivity contribution in [3.8, 4) is 0 Å². The third-order valence-corrected chi connectivity index (χ3v) is 9.13. The Hall–Kier alpha value is -5.35. The SMILES string of the molecule is Cn1cc(NC(=O)c2cc(NC(=O)c3cc(NC(=O)c4ccc(S(=O)(=O)CCCl)cc4)cn3C)cn2C)cc1C(=O)NCCC(=N)N. The maximum atomic E-state index is 13.1. The fourth-order valence-corrected chi connectivity index (χ4v) is 6.20. The van der Waals surface area contributed by atoms with Gasteiger partial charge in [-0.05, 0) is 42.5 Å². The van der Waals surface area contributed by atoms with Crippen LogP contribution < -0.4 is 27.0 Å². The number of nitrogens with zero attached hydrogens (tertiary/aromatic N) is 3. The molecule has 3 aromatic heterocycles. The molecule has 248 valence electrons. The van der Waals surface area contributed by atoms with Gasteiger partial charge in [0.2, 0.25) is 0 Å². The van der Waals surface area contributed by atoms with E-state index in [0.29, 0.717) is 22.8 Å². The molecule has 0 aliphatic carbocycles. The molecule has 7 N–H and O–H groups in total. The van der Waals surface area contributed by atoms with Crippen molar-refractivity contribution < 1.29 is 27.6 Å². The second-order valence-electron chi connectivity index (χ2n) is 10.6. The molecule has 3 heterocycles. The Kier molecular flexibility index (Phi) is 10.6. The monoisotopic (exact) mass is 683 g/mol. The summed E-state index contributed by atoms with van der Waals surface area (Å²) in [5.41, 5.74) is 7.35. The number of anilines is 3. The van der Waals surface area contributed by atoms with E-state index in [1.807, 2.05) is 0 Å². The van der Waals surface area contributed by atoms with Gasteiger partial charge in [0.15, 0.2) is 9.84 Å². The number of amides is 4. The van der Waals surface area contributed by atoms with Crippen LogP contribution in [-0.4, -0.2) is 69.8 Å². The number of benzene rings is 1. The third kappa shape index (κ3) is 8.47. The highest BCUT2D eigenvalue weighted by Crippen LogP contribution is 2.21. The van der Waals surface area contributed by atoms with Gasteiger partial charge >= 0.3 is 0 Å². The topological polar surface area (TPSA) is 215 Å². The average molecular weight is 684 g/mol. The lowest BCUT2D eigenvalue weighted by molar-refractivity contribution is 0.0944. The van der Waals surface area contributed by atoms with Gasteiger partial charge in [0, 0.05) is 64.1 Å². The summed E-state index contributed by atoms with van der Waals surface area (Å²) in [5.74, 6) is -2.15. The van der Waals surface area contributed by atoms with Gasteiger partial charge in [-0.25, -0.2) is 8.42 Å². The molecule has 0 spiro atoms. The van der Waals surface area contributed by atoms with Gasteiger partial charge in [-0.15, -0.1) is 11.6 Å². The first-order chi connectivity index (χ1) is 22.2. The number of sulfone groups is 1. The van der Waals surface area contributed by atoms with Crippen molar-refractivity contribution >= 4 is 68.0 Å². The molecule has 0 saturated carbocycles. The van der Waals surface area contributed by atoms with Gasteiger partial charge < -0.3 is 40.7 Å². The maximum Gasteiger partial charge on any atom is 0.272 e. The number of hydrogen-bond acceptors (Lipinski definition) is 7. The third-order valence-electron chi connectivity index (χ3n) is 6.99. The molecular formula is C30H34ClN9O6S. The number of amidine groups is 1. The minimum atomic E-state index is -3.54. The lowest BCUT2D eigenvalue weighted by Crippen LogP contribution is -2.28.